The molecule has 2 aromatic carbocycles. The van der Waals surface area contributed by atoms with Gasteiger partial charge < -0.3 is 16.0 Å². The fraction of sp³-hybridized carbons (Fsp3) is 0.278. The molecule has 0 unspecified atom stereocenters. The van der Waals surface area contributed by atoms with Crippen LogP contribution in [0.15, 0.2) is 57.2 Å². The summed E-state index contributed by atoms with van der Waals surface area (Å²) in [5.41, 5.74) is 9.39. The lowest BCUT2D eigenvalue weighted by Crippen LogP contribution is -2.39. The van der Waals surface area contributed by atoms with E-state index in [-0.39, 0.29) is 0 Å². The van der Waals surface area contributed by atoms with Gasteiger partial charge in [0.15, 0.2) is 5.96 Å². The maximum absolute atomic E-state index is 6.04. The summed E-state index contributed by atoms with van der Waals surface area (Å²) in [6.45, 7) is 3.93. The van der Waals surface area contributed by atoms with Gasteiger partial charge in [-0.3, -0.25) is 0 Å². The summed E-state index contributed by atoms with van der Waals surface area (Å²) in [6.07, 6.45) is 1.07. The van der Waals surface area contributed by atoms with Crippen molar-refractivity contribution in [2.75, 3.05) is 18.9 Å². The second-order valence-electron chi connectivity index (χ2n) is 5.56. The molecule has 2 aromatic rings. The van der Waals surface area contributed by atoms with Gasteiger partial charge in [-0.15, -0.1) is 0 Å². The summed E-state index contributed by atoms with van der Waals surface area (Å²) in [5, 5.41) is 3.18. The molecular weight excluding hydrogens is 304 g/mol. The van der Waals surface area contributed by atoms with Crippen molar-refractivity contribution in [2.24, 2.45) is 10.7 Å². The van der Waals surface area contributed by atoms with E-state index >= 15 is 0 Å². The van der Waals surface area contributed by atoms with Crippen LogP contribution in [0.5, 0.6) is 0 Å². The number of hydrogen-bond acceptors (Lipinski definition) is 5. The van der Waals surface area contributed by atoms with Crippen molar-refractivity contribution in [2.45, 2.75) is 29.7 Å². The highest BCUT2D eigenvalue weighted by atomic mass is 32.2. The van der Waals surface area contributed by atoms with Crippen molar-refractivity contribution < 1.29 is 0 Å². The SMILES string of the molecule is CCCN1Cc2cc(Sc3cccc(NC)c3)ccc2N=C1N. The summed E-state index contributed by atoms with van der Waals surface area (Å²) in [4.78, 5) is 9.11. The Bertz CT molecular complexity index is 727. The molecule has 0 atom stereocenters. The highest BCUT2D eigenvalue weighted by Gasteiger charge is 2.17. The minimum absolute atomic E-state index is 0.626. The zero-order valence-electron chi connectivity index (χ0n) is 13.5. The van der Waals surface area contributed by atoms with Gasteiger partial charge in [0.1, 0.15) is 0 Å². The summed E-state index contributed by atoms with van der Waals surface area (Å²) >= 11 is 1.77. The van der Waals surface area contributed by atoms with E-state index in [0.29, 0.717) is 5.96 Å². The molecule has 3 N–H and O–H groups in total. The van der Waals surface area contributed by atoms with E-state index in [0.717, 1.165) is 30.9 Å². The Balaban J connectivity index is 1.82. The van der Waals surface area contributed by atoms with E-state index in [1.54, 1.807) is 11.8 Å². The average Bonchev–Trinajstić information content (AvgIpc) is 2.56. The number of nitrogens with two attached hydrogens (primary N) is 1. The molecule has 4 nitrogen and oxygen atoms in total. The number of nitrogens with one attached hydrogen (secondary N) is 1. The number of hydrogen-bond donors (Lipinski definition) is 2. The third-order valence-corrected chi connectivity index (χ3v) is 4.80. The number of anilines is 1. The van der Waals surface area contributed by atoms with Crippen molar-refractivity contribution in [1.29, 1.82) is 0 Å². The Morgan fingerprint density at radius 3 is 2.83 bits per heavy atom. The Hall–Kier alpha value is -2.14. The normalized spacial score (nSPS) is 13.5. The van der Waals surface area contributed by atoms with Crippen LogP contribution in [0.1, 0.15) is 18.9 Å². The van der Waals surface area contributed by atoms with Gasteiger partial charge in [-0.25, -0.2) is 4.99 Å². The van der Waals surface area contributed by atoms with Crippen LogP contribution in [0.2, 0.25) is 0 Å². The first-order valence-corrected chi connectivity index (χ1v) is 8.69. The van der Waals surface area contributed by atoms with Crippen LogP contribution >= 0.6 is 11.8 Å². The monoisotopic (exact) mass is 326 g/mol. The molecule has 0 aromatic heterocycles. The number of rotatable bonds is 5. The van der Waals surface area contributed by atoms with E-state index in [1.165, 1.54) is 15.4 Å². The lowest BCUT2D eigenvalue weighted by atomic mass is 10.1. The maximum Gasteiger partial charge on any atom is 0.196 e. The number of guanidine groups is 1. The molecule has 0 aliphatic carbocycles. The van der Waals surface area contributed by atoms with Crippen LogP contribution < -0.4 is 11.1 Å². The molecule has 1 heterocycles. The third-order valence-electron chi connectivity index (χ3n) is 3.82. The minimum atomic E-state index is 0.626. The lowest BCUT2D eigenvalue weighted by molar-refractivity contribution is 0.402. The lowest BCUT2D eigenvalue weighted by Gasteiger charge is -2.28. The molecule has 0 fully saturated rings. The molecule has 0 saturated carbocycles. The Kier molecular flexibility index (Phi) is 4.76. The zero-order chi connectivity index (χ0) is 16.2. The summed E-state index contributed by atoms with van der Waals surface area (Å²) in [7, 11) is 1.94. The molecule has 1 aliphatic heterocycles. The van der Waals surface area contributed by atoms with Crippen molar-refractivity contribution in [3.05, 3.63) is 48.0 Å². The van der Waals surface area contributed by atoms with Crippen LogP contribution in [0.3, 0.4) is 0 Å². The standard InChI is InChI=1S/C18H22N4S/c1-3-9-22-12-13-10-16(7-8-17(13)21-18(22)19)23-15-6-4-5-14(11-15)20-2/h4-8,10-11,20H,3,9,12H2,1-2H3,(H2,19,21). The maximum atomic E-state index is 6.04. The van der Waals surface area contributed by atoms with Gasteiger partial charge in [-0.2, -0.15) is 0 Å². The molecule has 120 valence electrons. The van der Waals surface area contributed by atoms with E-state index in [2.05, 4.69) is 64.6 Å². The van der Waals surface area contributed by atoms with Crippen LogP contribution in [-0.4, -0.2) is 24.5 Å². The van der Waals surface area contributed by atoms with Crippen molar-refractivity contribution in [1.82, 2.24) is 4.90 Å². The van der Waals surface area contributed by atoms with Gasteiger partial charge >= 0.3 is 0 Å². The third kappa shape index (κ3) is 3.62. The first-order chi connectivity index (χ1) is 11.2. The molecule has 23 heavy (non-hydrogen) atoms. The molecule has 3 rings (SSSR count). The fourth-order valence-electron chi connectivity index (χ4n) is 2.66. The quantitative estimate of drug-likeness (QED) is 0.870. The highest BCUT2D eigenvalue weighted by Crippen LogP contribution is 2.34. The van der Waals surface area contributed by atoms with E-state index in [1.807, 2.05) is 7.05 Å². The van der Waals surface area contributed by atoms with E-state index in [4.69, 9.17) is 5.73 Å². The van der Waals surface area contributed by atoms with Crippen LogP contribution in [0, 0.1) is 0 Å². The first kappa shape index (κ1) is 15.7. The van der Waals surface area contributed by atoms with Crippen LogP contribution in [0.4, 0.5) is 11.4 Å². The summed E-state index contributed by atoms with van der Waals surface area (Å²) in [6, 6.07) is 14.8. The fourth-order valence-corrected chi connectivity index (χ4v) is 3.60. The first-order valence-electron chi connectivity index (χ1n) is 7.87. The summed E-state index contributed by atoms with van der Waals surface area (Å²) < 4.78 is 0. The largest absolute Gasteiger partial charge is 0.388 e. The molecule has 0 amide bonds. The van der Waals surface area contributed by atoms with Gasteiger partial charge in [0.2, 0.25) is 0 Å². The van der Waals surface area contributed by atoms with Gasteiger partial charge in [-0.05, 0) is 48.4 Å². The Labute approximate surface area is 141 Å². The second kappa shape index (κ2) is 6.96. The summed E-state index contributed by atoms with van der Waals surface area (Å²) in [5.74, 6) is 0.626. The molecule has 0 saturated heterocycles. The van der Waals surface area contributed by atoms with Crippen molar-refractivity contribution in [3.8, 4) is 0 Å². The molecule has 1 aliphatic rings. The van der Waals surface area contributed by atoms with E-state index in [9.17, 15) is 0 Å². The topological polar surface area (TPSA) is 53.6 Å². The second-order valence-corrected chi connectivity index (χ2v) is 6.71. The van der Waals surface area contributed by atoms with Gasteiger partial charge in [-0.1, -0.05) is 24.8 Å². The van der Waals surface area contributed by atoms with Gasteiger partial charge in [0, 0.05) is 35.6 Å². The predicted octanol–water partition coefficient (Wildman–Crippen LogP) is 4.05. The average molecular weight is 326 g/mol. The van der Waals surface area contributed by atoms with Crippen LogP contribution in [-0.2, 0) is 6.54 Å². The Morgan fingerprint density at radius 2 is 2.04 bits per heavy atom. The number of nitrogens with zero attached hydrogens (tertiary/aromatic N) is 2. The molecule has 0 bridgehead atoms. The minimum Gasteiger partial charge on any atom is -0.388 e. The number of fused-ring (bicyclic) bond motifs is 1. The van der Waals surface area contributed by atoms with Crippen molar-refractivity contribution in [3.63, 3.8) is 0 Å². The van der Waals surface area contributed by atoms with E-state index < -0.39 is 0 Å². The molecule has 0 radical (unpaired) electrons. The molecular formula is C18H22N4S. The Morgan fingerprint density at radius 1 is 1.22 bits per heavy atom. The number of aliphatic imine (C=N–C) groups is 1. The molecule has 5 heteroatoms. The van der Waals surface area contributed by atoms with Crippen molar-refractivity contribution >= 4 is 29.1 Å². The van der Waals surface area contributed by atoms with Crippen LogP contribution in [0.25, 0.3) is 0 Å². The predicted molar refractivity (Wildman–Crippen MR) is 98.5 cm³/mol. The smallest absolute Gasteiger partial charge is 0.196 e. The molecule has 0 spiro atoms. The zero-order valence-corrected chi connectivity index (χ0v) is 14.4. The number of benzene rings is 2. The highest BCUT2D eigenvalue weighted by molar-refractivity contribution is 7.99. The van der Waals surface area contributed by atoms with Gasteiger partial charge in [0.25, 0.3) is 0 Å². The van der Waals surface area contributed by atoms with Gasteiger partial charge in [0.05, 0.1) is 5.69 Å².